The van der Waals surface area contributed by atoms with E-state index in [0.717, 1.165) is 25.4 Å². The van der Waals surface area contributed by atoms with Crippen LogP contribution in [-0.4, -0.2) is 46.0 Å². The summed E-state index contributed by atoms with van der Waals surface area (Å²) >= 11 is 0. The van der Waals surface area contributed by atoms with Gasteiger partial charge in [0.2, 0.25) is 0 Å². The number of amides is 1. The minimum Gasteiger partial charge on any atom is -0.454 e. The minimum atomic E-state index is -0.611. The van der Waals surface area contributed by atoms with Crippen LogP contribution < -0.4 is 5.56 Å². The van der Waals surface area contributed by atoms with Crippen molar-refractivity contribution in [3.63, 3.8) is 0 Å². The Kier molecular flexibility index (Phi) is 5.41. The molecule has 0 spiro atoms. The highest BCUT2D eigenvalue weighted by Gasteiger charge is 2.33. The number of carbonyl (C=O) groups is 2. The fourth-order valence-corrected chi connectivity index (χ4v) is 4.46. The minimum absolute atomic E-state index is 0.152. The number of rotatable bonds is 4. The Morgan fingerprint density at radius 2 is 1.89 bits per heavy atom. The lowest BCUT2D eigenvalue weighted by Crippen LogP contribution is -2.46. The Balaban J connectivity index is 1.31. The van der Waals surface area contributed by atoms with E-state index in [2.05, 4.69) is 4.98 Å². The zero-order valence-electron chi connectivity index (χ0n) is 15.9. The number of likely N-dealkylation sites (tertiary alicyclic amines) is 1. The summed E-state index contributed by atoms with van der Waals surface area (Å²) in [5.74, 6) is 0.568. The molecule has 148 valence electrons. The van der Waals surface area contributed by atoms with Gasteiger partial charge < -0.3 is 9.64 Å². The largest absolute Gasteiger partial charge is 0.454 e. The maximum Gasteiger partial charge on any atom is 0.326 e. The Morgan fingerprint density at radius 1 is 1.11 bits per heavy atom. The van der Waals surface area contributed by atoms with Crippen molar-refractivity contribution < 1.29 is 14.3 Å². The van der Waals surface area contributed by atoms with E-state index in [0.29, 0.717) is 16.8 Å². The highest BCUT2D eigenvalue weighted by atomic mass is 16.5. The van der Waals surface area contributed by atoms with Crippen LogP contribution in [0.1, 0.15) is 32.1 Å². The highest BCUT2D eigenvalue weighted by Crippen LogP contribution is 2.35. The van der Waals surface area contributed by atoms with E-state index in [9.17, 15) is 14.4 Å². The highest BCUT2D eigenvalue weighted by molar-refractivity contribution is 5.81. The number of ether oxygens (including phenoxy) is 1. The smallest absolute Gasteiger partial charge is 0.326 e. The number of piperidine rings is 1. The van der Waals surface area contributed by atoms with Crippen molar-refractivity contribution in [1.29, 1.82) is 0 Å². The molecule has 7 heteroatoms. The third-order valence-corrected chi connectivity index (χ3v) is 6.03. The number of hydrogen-bond acceptors (Lipinski definition) is 5. The molecule has 2 fully saturated rings. The molecular formula is C21H25N3O4. The van der Waals surface area contributed by atoms with Gasteiger partial charge in [-0.2, -0.15) is 0 Å². The number of nitrogens with zero attached hydrogens (tertiary/aromatic N) is 3. The number of esters is 1. The van der Waals surface area contributed by atoms with Crippen molar-refractivity contribution >= 4 is 22.8 Å². The molecule has 1 saturated carbocycles. The zero-order valence-corrected chi connectivity index (χ0v) is 15.9. The van der Waals surface area contributed by atoms with E-state index in [4.69, 9.17) is 4.74 Å². The molecule has 0 unspecified atom stereocenters. The zero-order chi connectivity index (χ0) is 19.5. The monoisotopic (exact) mass is 383 g/mol. The topological polar surface area (TPSA) is 81.5 Å². The van der Waals surface area contributed by atoms with E-state index in [1.807, 2.05) is 4.90 Å². The summed E-state index contributed by atoms with van der Waals surface area (Å²) in [6.45, 7) is 0.987. The first kappa shape index (κ1) is 18.7. The maximum atomic E-state index is 12.4. The van der Waals surface area contributed by atoms with E-state index in [-0.39, 0.29) is 24.6 Å². The predicted molar refractivity (Wildman–Crippen MR) is 104 cm³/mol. The molecule has 1 aromatic heterocycles. The lowest BCUT2D eigenvalue weighted by Gasteiger charge is -2.41. The first-order chi connectivity index (χ1) is 13.6. The van der Waals surface area contributed by atoms with Crippen LogP contribution >= 0.6 is 0 Å². The molecule has 1 amide bonds. The first-order valence-electron chi connectivity index (χ1n) is 9.99. The molecule has 0 N–H and O–H groups in total. The van der Waals surface area contributed by atoms with E-state index in [1.165, 1.54) is 36.6 Å². The van der Waals surface area contributed by atoms with Crippen LogP contribution in [0.15, 0.2) is 35.4 Å². The molecule has 2 aliphatic rings. The molecule has 4 rings (SSSR count). The van der Waals surface area contributed by atoms with E-state index in [1.54, 1.807) is 24.3 Å². The number of hydrogen-bond donors (Lipinski definition) is 0. The molecule has 7 nitrogen and oxygen atoms in total. The van der Waals surface area contributed by atoms with Crippen LogP contribution in [0.2, 0.25) is 0 Å². The van der Waals surface area contributed by atoms with E-state index < -0.39 is 5.97 Å². The van der Waals surface area contributed by atoms with Gasteiger partial charge in [-0.3, -0.25) is 19.0 Å². The van der Waals surface area contributed by atoms with Crippen LogP contribution in [0.25, 0.3) is 10.9 Å². The van der Waals surface area contributed by atoms with E-state index >= 15 is 0 Å². The number of benzene rings is 1. The van der Waals surface area contributed by atoms with Crippen LogP contribution in [0.3, 0.4) is 0 Å². The number of para-hydroxylation sites is 1. The second kappa shape index (κ2) is 8.12. The Bertz CT molecular complexity index is 939. The first-order valence-corrected chi connectivity index (χ1v) is 9.99. The molecule has 2 aromatic rings. The van der Waals surface area contributed by atoms with Gasteiger partial charge in [0, 0.05) is 13.1 Å². The second-order valence-corrected chi connectivity index (χ2v) is 7.79. The van der Waals surface area contributed by atoms with Crippen molar-refractivity contribution in [3.8, 4) is 0 Å². The van der Waals surface area contributed by atoms with Crippen LogP contribution in [0.5, 0.6) is 0 Å². The third kappa shape index (κ3) is 3.93. The average molecular weight is 383 g/mol. The van der Waals surface area contributed by atoms with Crippen LogP contribution in [-0.2, 0) is 20.9 Å². The van der Waals surface area contributed by atoms with Crippen molar-refractivity contribution in [2.24, 2.45) is 11.8 Å². The van der Waals surface area contributed by atoms with Gasteiger partial charge in [-0.25, -0.2) is 4.98 Å². The second-order valence-electron chi connectivity index (χ2n) is 7.79. The number of aromatic nitrogens is 2. The molecule has 1 aromatic carbocycles. The summed E-state index contributed by atoms with van der Waals surface area (Å²) in [5, 5.41) is 0.448. The Hall–Kier alpha value is -2.70. The quantitative estimate of drug-likeness (QED) is 0.754. The fourth-order valence-electron chi connectivity index (χ4n) is 4.46. The van der Waals surface area contributed by atoms with Gasteiger partial charge in [-0.1, -0.05) is 31.4 Å². The Labute approximate surface area is 163 Å². The van der Waals surface area contributed by atoms with Gasteiger partial charge in [0.1, 0.15) is 6.54 Å². The summed E-state index contributed by atoms with van der Waals surface area (Å²) in [5.41, 5.74) is 0.284. The number of carbonyl (C=O) groups excluding carboxylic acids is 2. The lowest BCUT2D eigenvalue weighted by atomic mass is 9.75. The molecule has 2 atom stereocenters. The third-order valence-electron chi connectivity index (χ3n) is 6.03. The standard InChI is InChI=1S/C21H25N3O4/c25-19(23-10-9-15-5-1-2-6-16(15)11-23)13-28-20(26)12-24-14-22-18-8-4-3-7-17(18)21(24)27/h3-4,7-8,14-16H,1-2,5-6,9-13H2/t15-,16-/m1/s1. The summed E-state index contributed by atoms with van der Waals surface area (Å²) in [7, 11) is 0. The van der Waals surface area contributed by atoms with Gasteiger partial charge in [0.25, 0.3) is 11.5 Å². The molecule has 1 aliphatic heterocycles. The van der Waals surface area contributed by atoms with Crippen molar-refractivity contribution in [3.05, 3.63) is 40.9 Å². The van der Waals surface area contributed by atoms with Gasteiger partial charge in [-0.15, -0.1) is 0 Å². The van der Waals surface area contributed by atoms with Crippen LogP contribution in [0, 0.1) is 11.8 Å². The maximum absolute atomic E-state index is 12.4. The molecule has 28 heavy (non-hydrogen) atoms. The van der Waals surface area contributed by atoms with Gasteiger partial charge in [0.15, 0.2) is 6.61 Å². The van der Waals surface area contributed by atoms with Gasteiger partial charge in [0.05, 0.1) is 17.2 Å². The van der Waals surface area contributed by atoms with Crippen LogP contribution in [0.4, 0.5) is 0 Å². The van der Waals surface area contributed by atoms with Crippen molar-refractivity contribution in [2.75, 3.05) is 19.7 Å². The van der Waals surface area contributed by atoms with Crippen molar-refractivity contribution in [1.82, 2.24) is 14.5 Å². The molecule has 2 heterocycles. The summed E-state index contributed by atoms with van der Waals surface area (Å²) in [6.07, 6.45) is 7.38. The molecule has 0 radical (unpaired) electrons. The predicted octanol–water partition coefficient (Wildman–Crippen LogP) is 1.98. The normalized spacial score (nSPS) is 21.9. The fraction of sp³-hybridized carbons (Fsp3) is 0.524. The summed E-state index contributed by atoms with van der Waals surface area (Å²) in [6, 6.07) is 6.97. The van der Waals surface area contributed by atoms with Gasteiger partial charge >= 0.3 is 5.97 Å². The van der Waals surface area contributed by atoms with Crippen molar-refractivity contribution in [2.45, 2.75) is 38.6 Å². The van der Waals surface area contributed by atoms with Gasteiger partial charge in [-0.05, 0) is 36.8 Å². The molecular weight excluding hydrogens is 358 g/mol. The SMILES string of the molecule is O=C(Cn1cnc2ccccc2c1=O)OCC(=O)N1CC[C@H]2CCCC[C@@H]2C1. The Morgan fingerprint density at radius 3 is 2.75 bits per heavy atom. The summed E-state index contributed by atoms with van der Waals surface area (Å²) < 4.78 is 6.36. The lowest BCUT2D eigenvalue weighted by molar-refractivity contribution is -0.153. The average Bonchev–Trinajstić information content (AvgIpc) is 2.74. The molecule has 0 bridgehead atoms. The number of fused-ring (bicyclic) bond motifs is 2. The molecule has 1 saturated heterocycles. The molecule has 1 aliphatic carbocycles. The summed E-state index contributed by atoms with van der Waals surface area (Å²) in [4.78, 5) is 43.0.